The van der Waals surface area contributed by atoms with E-state index >= 15 is 0 Å². The Kier molecular flexibility index (Phi) is 7.67. The molecule has 1 fully saturated rings. The highest BCUT2D eigenvalue weighted by atomic mass is 35.5. The number of rotatable bonds is 10. The lowest BCUT2D eigenvalue weighted by molar-refractivity contribution is -0.0259. The highest BCUT2D eigenvalue weighted by Gasteiger charge is 2.33. The zero-order valence-corrected chi connectivity index (χ0v) is 21.2. The number of hydrogen-bond donors (Lipinski definition) is 3. The third-order valence-corrected chi connectivity index (χ3v) is 8.38. The summed E-state index contributed by atoms with van der Waals surface area (Å²) < 4.78 is 32.0. The molecule has 0 radical (unpaired) electrons. The van der Waals surface area contributed by atoms with Gasteiger partial charge in [0, 0.05) is 7.05 Å². The van der Waals surface area contributed by atoms with Gasteiger partial charge < -0.3 is 20.5 Å². The molecule has 10 nitrogen and oxygen atoms in total. The Bertz CT molecular complexity index is 1420. The first-order valence-electron chi connectivity index (χ1n) is 11.2. The first-order valence-corrected chi connectivity index (χ1v) is 13.0. The maximum Gasteiger partial charge on any atom is 0.269 e. The fraction of sp³-hybridized carbons (Fsp3) is 0.333. The number of ether oxygens (including phenoxy) is 1. The first-order chi connectivity index (χ1) is 17.1. The van der Waals surface area contributed by atoms with Crippen molar-refractivity contribution in [2.75, 3.05) is 24.8 Å². The minimum atomic E-state index is -4.30. The van der Waals surface area contributed by atoms with Crippen molar-refractivity contribution in [2.45, 2.75) is 42.9 Å². The van der Waals surface area contributed by atoms with Crippen LogP contribution in [0.15, 0.2) is 56.9 Å². The van der Waals surface area contributed by atoms with Crippen LogP contribution in [-0.4, -0.2) is 44.3 Å². The molecule has 0 spiro atoms. The average Bonchev–Trinajstić information content (AvgIpc) is 3.32. The minimum Gasteiger partial charge on any atom is -0.504 e. The van der Waals surface area contributed by atoms with Crippen molar-refractivity contribution in [3.8, 4) is 5.75 Å². The molecule has 0 bridgehead atoms. The van der Waals surface area contributed by atoms with Gasteiger partial charge in [0.15, 0.2) is 5.75 Å². The van der Waals surface area contributed by atoms with Gasteiger partial charge in [-0.3, -0.25) is 14.4 Å². The first kappa shape index (κ1) is 26.1. The van der Waals surface area contributed by atoms with E-state index in [9.17, 15) is 23.1 Å². The average molecular weight is 536 g/mol. The summed E-state index contributed by atoms with van der Waals surface area (Å²) in [6.45, 7) is 0.423. The van der Waals surface area contributed by atoms with Crippen LogP contribution in [0.2, 0.25) is 5.02 Å². The van der Waals surface area contributed by atoms with E-state index in [1.165, 1.54) is 12.1 Å². The number of nitrogens with one attached hydrogen (secondary N) is 2. The van der Waals surface area contributed by atoms with Crippen LogP contribution in [0.3, 0.4) is 0 Å². The van der Waals surface area contributed by atoms with Crippen molar-refractivity contribution in [3.63, 3.8) is 0 Å². The molecular formula is C24H26ClN3O7S. The normalized spacial score (nSPS) is 18.1. The molecule has 0 saturated heterocycles. The summed E-state index contributed by atoms with van der Waals surface area (Å²) in [4.78, 5) is 28.9. The summed E-state index contributed by atoms with van der Waals surface area (Å²) >= 11 is 6.05. The molecule has 4 rings (SSSR count). The number of benzene rings is 2. The number of nitrogens with zero attached hydrogens (tertiary/aromatic N) is 1. The van der Waals surface area contributed by atoms with E-state index < -0.39 is 31.5 Å². The van der Waals surface area contributed by atoms with E-state index in [0.29, 0.717) is 11.1 Å². The van der Waals surface area contributed by atoms with E-state index in [-0.39, 0.29) is 34.2 Å². The molecule has 1 unspecified atom stereocenters. The molecule has 0 amide bonds. The zero-order valence-electron chi connectivity index (χ0n) is 19.7. The van der Waals surface area contributed by atoms with Crippen molar-refractivity contribution < 1.29 is 23.1 Å². The van der Waals surface area contributed by atoms with Crippen LogP contribution in [-0.2, 0) is 26.2 Å². The van der Waals surface area contributed by atoms with Crippen LogP contribution in [0, 0.1) is 0 Å². The summed E-state index contributed by atoms with van der Waals surface area (Å²) in [5, 5.41) is 16.3. The molecule has 3 aromatic rings. The lowest BCUT2D eigenvalue weighted by Crippen LogP contribution is -2.41. The van der Waals surface area contributed by atoms with Crippen molar-refractivity contribution in [1.82, 2.24) is 4.47 Å². The second-order valence-corrected chi connectivity index (χ2v) is 10.7. The number of anilines is 3. The molecule has 3 N–H and O–H groups in total. The van der Waals surface area contributed by atoms with Crippen LogP contribution < -0.4 is 21.5 Å². The molecule has 0 heterocycles. The Balaban J connectivity index is 1.55. The molecule has 12 heteroatoms. The predicted molar refractivity (Wildman–Crippen MR) is 136 cm³/mol. The molecule has 2 atom stereocenters. The van der Waals surface area contributed by atoms with E-state index in [1.54, 1.807) is 0 Å². The largest absolute Gasteiger partial charge is 0.504 e. The van der Waals surface area contributed by atoms with Gasteiger partial charge in [-0.05, 0) is 37.0 Å². The second kappa shape index (κ2) is 10.6. The van der Waals surface area contributed by atoms with Crippen molar-refractivity contribution in [1.29, 1.82) is 0 Å². The van der Waals surface area contributed by atoms with Crippen molar-refractivity contribution in [2.24, 2.45) is 0 Å². The fourth-order valence-electron chi connectivity index (χ4n) is 4.16. The van der Waals surface area contributed by atoms with Gasteiger partial charge in [-0.1, -0.05) is 46.4 Å². The Morgan fingerprint density at radius 2 is 1.78 bits per heavy atom. The highest BCUT2D eigenvalue weighted by Crippen LogP contribution is 2.40. The molecule has 1 saturated carbocycles. The van der Waals surface area contributed by atoms with Gasteiger partial charge in [-0.2, -0.15) is 0 Å². The second-order valence-electron chi connectivity index (χ2n) is 8.42. The summed E-state index contributed by atoms with van der Waals surface area (Å²) in [5.41, 5.74) is -0.581. The number of aromatic hydroxyl groups is 1. The van der Waals surface area contributed by atoms with Crippen LogP contribution >= 0.6 is 11.6 Å². The van der Waals surface area contributed by atoms with Crippen LogP contribution in [0.4, 0.5) is 17.1 Å². The molecule has 0 aliphatic heterocycles. The maximum absolute atomic E-state index is 12.7. The highest BCUT2D eigenvalue weighted by molar-refractivity contribution is 7.89. The molecule has 1 aliphatic carbocycles. The van der Waals surface area contributed by atoms with Crippen LogP contribution in [0.5, 0.6) is 5.75 Å². The molecular weight excluding hydrogens is 510 g/mol. The Hall–Kier alpha value is -2.96. The Morgan fingerprint density at radius 1 is 1.08 bits per heavy atom. The number of phenols is 1. The lowest BCUT2D eigenvalue weighted by Gasteiger charge is -2.25. The fourth-order valence-corrected chi connectivity index (χ4v) is 5.72. The molecule has 192 valence electrons. The monoisotopic (exact) mass is 535 g/mol. The zero-order chi connectivity index (χ0) is 26.0. The third-order valence-electron chi connectivity index (χ3n) is 6.20. The van der Waals surface area contributed by atoms with Gasteiger partial charge in [0.05, 0.1) is 36.6 Å². The predicted octanol–water partition coefficient (Wildman–Crippen LogP) is 3.12. The number of phenolic OH excluding ortho intramolecular Hbond substituents is 1. The van der Waals surface area contributed by atoms with Crippen LogP contribution in [0.1, 0.15) is 24.8 Å². The van der Waals surface area contributed by atoms with E-state index in [2.05, 4.69) is 10.6 Å². The maximum atomic E-state index is 12.7. The van der Waals surface area contributed by atoms with E-state index in [0.717, 1.165) is 39.0 Å². The third kappa shape index (κ3) is 4.97. The molecule has 3 aromatic carbocycles. The summed E-state index contributed by atoms with van der Waals surface area (Å²) in [6, 6.07) is 12.1. The van der Waals surface area contributed by atoms with Crippen molar-refractivity contribution in [3.05, 3.63) is 73.5 Å². The van der Waals surface area contributed by atoms with Gasteiger partial charge in [-0.15, -0.1) is 0 Å². The summed E-state index contributed by atoms with van der Waals surface area (Å²) in [7, 11) is -2.02. The van der Waals surface area contributed by atoms with Crippen LogP contribution in [0.25, 0.3) is 0 Å². The van der Waals surface area contributed by atoms with Gasteiger partial charge in [0.25, 0.3) is 20.9 Å². The Morgan fingerprint density at radius 3 is 2.47 bits per heavy atom. The molecule has 1 aliphatic rings. The summed E-state index contributed by atoms with van der Waals surface area (Å²) in [5.74, 6) is -0.713. The van der Waals surface area contributed by atoms with Gasteiger partial charge in [-0.25, -0.2) is 8.42 Å². The van der Waals surface area contributed by atoms with Gasteiger partial charge in [0.2, 0.25) is 0 Å². The van der Waals surface area contributed by atoms with Gasteiger partial charge in [0.1, 0.15) is 16.3 Å². The quantitative estimate of drug-likeness (QED) is 0.203. The summed E-state index contributed by atoms with van der Waals surface area (Å²) in [6.07, 6.45) is 2.28. The number of hydrogen-bond acceptors (Lipinski definition) is 9. The lowest BCUT2D eigenvalue weighted by atomic mass is 10.1. The SMILES string of the molecule is CON(C)S(=O)(=O)c1c(Cl)ccc(Nc2c(NC3CCC[C@H]3OCc3ccccc3)c(=O)c2=O)c1O. The molecule has 0 aromatic heterocycles. The van der Waals surface area contributed by atoms with Crippen molar-refractivity contribution >= 4 is 38.7 Å². The topological polar surface area (TPSA) is 134 Å². The minimum absolute atomic E-state index is 0.0629. The number of sulfonamides is 1. The standard InChI is InChI=1S/C24H26ClN3O7S/c1-28(34-2)36(32,33)24-15(25)11-12-17(21(24)29)27-20-19(22(30)23(20)31)26-16-9-6-10-18(16)35-13-14-7-4-3-5-8-14/h3-5,7-8,11-12,16,18,26-27,29H,6,9-10,13H2,1-2H3/t16?,18-/m1/s1. The smallest absolute Gasteiger partial charge is 0.269 e. The van der Waals surface area contributed by atoms with Gasteiger partial charge >= 0.3 is 0 Å². The number of halogens is 1. The van der Waals surface area contributed by atoms with E-state index in [1.807, 2.05) is 30.3 Å². The molecule has 36 heavy (non-hydrogen) atoms. The Labute approximate surface area is 213 Å². The number of hydroxylamine groups is 1. The van der Waals surface area contributed by atoms with E-state index in [4.69, 9.17) is 21.2 Å².